The molecule has 13 heavy (non-hydrogen) atoms. The van der Waals surface area contributed by atoms with Gasteiger partial charge in [-0.25, -0.2) is 0 Å². The van der Waals surface area contributed by atoms with Gasteiger partial charge in [-0.15, -0.1) is 0 Å². The van der Waals surface area contributed by atoms with Gasteiger partial charge in [-0.2, -0.15) is 5.26 Å². The highest BCUT2D eigenvalue weighted by atomic mass is 79.9. The van der Waals surface area contributed by atoms with Gasteiger partial charge in [-0.3, -0.25) is 9.78 Å². The molecule has 5 heteroatoms. The molecular weight excluding hydrogens is 234 g/mol. The molecule has 0 aromatic carbocycles. The van der Waals surface area contributed by atoms with Crippen LogP contribution in [-0.2, 0) is 0 Å². The van der Waals surface area contributed by atoms with Crippen LogP contribution in [0.25, 0.3) is 0 Å². The molecule has 0 unspecified atom stereocenters. The molecule has 1 rings (SSSR count). The summed E-state index contributed by atoms with van der Waals surface area (Å²) in [5.41, 5.74) is 6.20. The SMILES string of the molecule is Cc1ncccc1C(N)=O.N#CBr. The van der Waals surface area contributed by atoms with Crippen LogP contribution in [0.5, 0.6) is 0 Å². The van der Waals surface area contributed by atoms with E-state index in [4.69, 9.17) is 11.0 Å². The third-order valence-electron chi connectivity index (χ3n) is 1.27. The topological polar surface area (TPSA) is 79.8 Å². The maximum absolute atomic E-state index is 10.6. The Bertz CT molecular complexity index is 332. The first kappa shape index (κ1) is 11.6. The van der Waals surface area contributed by atoms with Crippen LogP contribution in [0, 0.1) is 17.2 Å². The first-order chi connectivity index (χ1) is 6.13. The van der Waals surface area contributed by atoms with Crippen LogP contribution in [0.2, 0.25) is 0 Å². The van der Waals surface area contributed by atoms with Crippen molar-refractivity contribution >= 4 is 21.8 Å². The average Bonchev–Trinajstić information content (AvgIpc) is 2.06. The second-order valence-corrected chi connectivity index (χ2v) is 2.44. The van der Waals surface area contributed by atoms with Crippen molar-refractivity contribution in [2.24, 2.45) is 5.73 Å². The number of rotatable bonds is 1. The van der Waals surface area contributed by atoms with Gasteiger partial charge in [0.05, 0.1) is 5.56 Å². The van der Waals surface area contributed by atoms with Crippen LogP contribution < -0.4 is 5.73 Å². The van der Waals surface area contributed by atoms with Gasteiger partial charge in [0, 0.05) is 27.8 Å². The van der Waals surface area contributed by atoms with E-state index in [1.165, 1.54) is 0 Å². The molecule has 2 N–H and O–H groups in total. The third-order valence-corrected chi connectivity index (χ3v) is 1.27. The van der Waals surface area contributed by atoms with Crippen molar-refractivity contribution in [2.45, 2.75) is 6.92 Å². The predicted octanol–water partition coefficient (Wildman–Crippen LogP) is 1.35. The molecule has 1 amide bonds. The average molecular weight is 242 g/mol. The summed E-state index contributed by atoms with van der Waals surface area (Å²) in [5, 5.41) is 7.24. The molecule has 0 aliphatic heterocycles. The van der Waals surface area contributed by atoms with Gasteiger partial charge in [0.15, 0.2) is 0 Å². The van der Waals surface area contributed by atoms with E-state index < -0.39 is 5.91 Å². The highest BCUT2D eigenvalue weighted by molar-refractivity contribution is 9.12. The van der Waals surface area contributed by atoms with E-state index in [9.17, 15) is 4.79 Å². The fourth-order valence-electron chi connectivity index (χ4n) is 0.745. The molecule has 68 valence electrons. The number of aryl methyl sites for hydroxylation is 1. The first-order valence-corrected chi connectivity index (χ1v) is 4.14. The Kier molecular flexibility index (Phi) is 5.48. The quantitative estimate of drug-likeness (QED) is 0.807. The number of halogens is 1. The predicted molar refractivity (Wildman–Crippen MR) is 52.0 cm³/mol. The number of nitriles is 1. The molecule has 0 aliphatic carbocycles. The standard InChI is InChI=1S/C7H8N2O.CBrN/c1-5-6(7(8)10)3-2-4-9-5;2-1-3/h2-4H,1H3,(H2,8,10);. The summed E-state index contributed by atoms with van der Waals surface area (Å²) in [6.45, 7) is 1.75. The van der Waals surface area contributed by atoms with Crippen LogP contribution in [0.1, 0.15) is 16.1 Å². The summed E-state index contributed by atoms with van der Waals surface area (Å²) in [6.07, 6.45) is 1.63. The van der Waals surface area contributed by atoms with Crippen LogP contribution in [-0.4, -0.2) is 10.9 Å². The van der Waals surface area contributed by atoms with Gasteiger partial charge in [0.1, 0.15) is 4.98 Å². The van der Waals surface area contributed by atoms with Crippen LogP contribution in [0.3, 0.4) is 0 Å². The molecule has 0 fully saturated rings. The largest absolute Gasteiger partial charge is 0.366 e. The third kappa shape index (κ3) is 4.23. The number of hydrogen-bond acceptors (Lipinski definition) is 3. The number of primary amides is 1. The Labute approximate surface area is 84.5 Å². The van der Waals surface area contributed by atoms with Gasteiger partial charge in [-0.1, -0.05) is 0 Å². The molecule has 0 saturated carbocycles. The summed E-state index contributed by atoms with van der Waals surface area (Å²) in [6, 6.07) is 3.34. The van der Waals surface area contributed by atoms with E-state index in [1.807, 2.05) is 0 Å². The van der Waals surface area contributed by atoms with Crippen molar-refractivity contribution in [1.82, 2.24) is 4.98 Å². The molecule has 0 spiro atoms. The van der Waals surface area contributed by atoms with Crippen LogP contribution in [0.4, 0.5) is 0 Å². The van der Waals surface area contributed by atoms with Crippen molar-refractivity contribution in [3.63, 3.8) is 0 Å². The van der Waals surface area contributed by atoms with E-state index >= 15 is 0 Å². The molecule has 1 aromatic rings. The lowest BCUT2D eigenvalue weighted by Gasteiger charge is -1.96. The van der Waals surface area contributed by atoms with Crippen LogP contribution in [0.15, 0.2) is 18.3 Å². The summed E-state index contributed by atoms with van der Waals surface area (Å²) < 4.78 is 0. The Morgan fingerprint density at radius 1 is 1.77 bits per heavy atom. The molecule has 0 aliphatic rings. The summed E-state index contributed by atoms with van der Waals surface area (Å²) in [7, 11) is 0. The smallest absolute Gasteiger partial charge is 0.250 e. The molecule has 1 aromatic heterocycles. The molecule has 1 heterocycles. The number of pyridine rings is 1. The van der Waals surface area contributed by atoms with E-state index in [2.05, 4.69) is 20.9 Å². The number of carbonyl (C=O) groups excluding carboxylic acids is 1. The van der Waals surface area contributed by atoms with Gasteiger partial charge in [0.25, 0.3) is 5.91 Å². The zero-order valence-corrected chi connectivity index (χ0v) is 8.58. The highest BCUT2D eigenvalue weighted by Crippen LogP contribution is 2.00. The fourth-order valence-corrected chi connectivity index (χ4v) is 0.745. The Morgan fingerprint density at radius 3 is 2.62 bits per heavy atom. The summed E-state index contributed by atoms with van der Waals surface area (Å²) in [5.74, 6) is -0.425. The molecule has 0 saturated heterocycles. The van der Waals surface area contributed by atoms with Crippen molar-refractivity contribution in [3.8, 4) is 4.98 Å². The van der Waals surface area contributed by atoms with Gasteiger partial charge >= 0.3 is 0 Å². The lowest BCUT2D eigenvalue weighted by Crippen LogP contribution is -2.12. The molecule has 0 bridgehead atoms. The van der Waals surface area contributed by atoms with Crippen molar-refractivity contribution in [2.75, 3.05) is 0 Å². The zero-order valence-electron chi connectivity index (χ0n) is 6.99. The summed E-state index contributed by atoms with van der Waals surface area (Å²) in [4.78, 5) is 16.1. The molecule has 4 nitrogen and oxygen atoms in total. The Morgan fingerprint density at radius 2 is 2.31 bits per heavy atom. The van der Waals surface area contributed by atoms with Gasteiger partial charge < -0.3 is 5.73 Å². The normalized spacial score (nSPS) is 7.77. The minimum atomic E-state index is -0.425. The monoisotopic (exact) mass is 241 g/mol. The number of amides is 1. The van der Waals surface area contributed by atoms with Gasteiger partial charge in [-0.05, 0) is 19.1 Å². The Hall–Kier alpha value is -1.41. The molecular formula is C8H8BrN3O. The summed E-state index contributed by atoms with van der Waals surface area (Å²) >= 11 is 2.45. The zero-order chi connectivity index (χ0) is 10.3. The molecule has 0 atom stereocenters. The number of nitrogens with zero attached hydrogens (tertiary/aromatic N) is 2. The van der Waals surface area contributed by atoms with E-state index in [0.29, 0.717) is 11.3 Å². The number of carbonyl (C=O) groups is 1. The second kappa shape index (κ2) is 6.14. The highest BCUT2D eigenvalue weighted by Gasteiger charge is 2.01. The number of nitrogens with two attached hydrogens (primary N) is 1. The van der Waals surface area contributed by atoms with E-state index in [0.717, 1.165) is 0 Å². The van der Waals surface area contributed by atoms with Gasteiger partial charge in [0.2, 0.25) is 0 Å². The number of hydrogen-bond donors (Lipinski definition) is 1. The lowest BCUT2D eigenvalue weighted by atomic mass is 10.2. The van der Waals surface area contributed by atoms with Crippen molar-refractivity contribution in [3.05, 3.63) is 29.6 Å². The van der Waals surface area contributed by atoms with E-state index in [1.54, 1.807) is 30.2 Å². The Balaban J connectivity index is 0.000000424. The minimum absolute atomic E-state index is 0.425. The first-order valence-electron chi connectivity index (χ1n) is 3.34. The fraction of sp³-hybridized carbons (Fsp3) is 0.125. The second-order valence-electron chi connectivity index (χ2n) is 2.09. The number of aromatic nitrogens is 1. The molecule has 0 radical (unpaired) electrons. The maximum Gasteiger partial charge on any atom is 0.250 e. The van der Waals surface area contributed by atoms with Crippen molar-refractivity contribution < 1.29 is 4.79 Å². The van der Waals surface area contributed by atoms with Crippen molar-refractivity contribution in [1.29, 1.82) is 5.26 Å². The maximum atomic E-state index is 10.6. The minimum Gasteiger partial charge on any atom is -0.366 e. The van der Waals surface area contributed by atoms with E-state index in [-0.39, 0.29) is 0 Å². The lowest BCUT2D eigenvalue weighted by molar-refractivity contribution is 0.0999. The van der Waals surface area contributed by atoms with Crippen LogP contribution >= 0.6 is 15.9 Å².